The highest BCUT2D eigenvalue weighted by Crippen LogP contribution is 2.03. The summed E-state index contributed by atoms with van der Waals surface area (Å²) in [6, 6.07) is 0. The quantitative estimate of drug-likeness (QED) is 0.264. The maximum absolute atomic E-state index is 8.04. The maximum atomic E-state index is 8.04. The van der Waals surface area contributed by atoms with Crippen LogP contribution in [0.4, 0.5) is 0 Å². The van der Waals surface area contributed by atoms with E-state index >= 15 is 0 Å². The van der Waals surface area contributed by atoms with Gasteiger partial charge in [0.2, 0.25) is 0 Å². The average Bonchev–Trinajstić information content (AvgIpc) is 1.97. The van der Waals surface area contributed by atoms with Crippen LogP contribution in [0.2, 0.25) is 0 Å². The van der Waals surface area contributed by atoms with E-state index in [0.717, 1.165) is 12.8 Å². The second kappa shape index (κ2) is 8.47. The number of hydrogen-bond acceptors (Lipinski definition) is 2. The van der Waals surface area contributed by atoms with Gasteiger partial charge in [0.25, 0.3) is 0 Å². The van der Waals surface area contributed by atoms with Crippen LogP contribution in [-0.4, -0.2) is 11.4 Å². The van der Waals surface area contributed by atoms with Crippen LogP contribution < -0.4 is 0 Å². The van der Waals surface area contributed by atoms with Gasteiger partial charge >= 0.3 is 0 Å². The van der Waals surface area contributed by atoms with E-state index in [1.807, 2.05) is 0 Å². The van der Waals surface area contributed by atoms with Gasteiger partial charge in [0.1, 0.15) is 0 Å². The van der Waals surface area contributed by atoms with Gasteiger partial charge in [-0.1, -0.05) is 32.6 Å². The number of oxime groups is 1. The highest BCUT2D eigenvalue weighted by atomic mass is 16.4. The molecule has 10 heavy (non-hydrogen) atoms. The fourth-order valence-corrected chi connectivity index (χ4v) is 0.897. The highest BCUT2D eigenvalue weighted by Gasteiger charge is 1.85. The first kappa shape index (κ1) is 9.47. The molecule has 0 aliphatic rings. The Morgan fingerprint density at radius 2 is 1.90 bits per heavy atom. The van der Waals surface area contributed by atoms with Gasteiger partial charge in [0, 0.05) is 6.21 Å². The maximum Gasteiger partial charge on any atom is 0.0435 e. The Kier molecular flexibility index (Phi) is 8.02. The van der Waals surface area contributed by atoms with Gasteiger partial charge in [-0.05, 0) is 12.8 Å². The second-order valence-corrected chi connectivity index (χ2v) is 2.50. The molecule has 0 aromatic carbocycles. The van der Waals surface area contributed by atoms with E-state index in [-0.39, 0.29) is 0 Å². The first-order valence-electron chi connectivity index (χ1n) is 4.07. The molecule has 0 amide bonds. The van der Waals surface area contributed by atoms with Crippen LogP contribution in [0.15, 0.2) is 5.16 Å². The van der Waals surface area contributed by atoms with E-state index in [9.17, 15) is 0 Å². The van der Waals surface area contributed by atoms with E-state index in [0.29, 0.717) is 0 Å². The smallest absolute Gasteiger partial charge is 0.0435 e. The molecule has 2 nitrogen and oxygen atoms in total. The van der Waals surface area contributed by atoms with E-state index < -0.39 is 0 Å². The fourth-order valence-electron chi connectivity index (χ4n) is 0.897. The number of hydrogen-bond donors (Lipinski definition) is 1. The Morgan fingerprint density at radius 1 is 1.20 bits per heavy atom. The molecule has 0 aromatic heterocycles. The average molecular weight is 143 g/mol. The number of unbranched alkanes of at least 4 members (excludes halogenated alkanes) is 5. The lowest BCUT2D eigenvalue weighted by atomic mass is 10.1. The Hall–Kier alpha value is -0.530. The van der Waals surface area contributed by atoms with Crippen molar-refractivity contribution in [1.82, 2.24) is 0 Å². The monoisotopic (exact) mass is 143 g/mol. The molecule has 1 N–H and O–H groups in total. The van der Waals surface area contributed by atoms with E-state index in [2.05, 4.69) is 12.1 Å². The molecule has 0 heterocycles. The third kappa shape index (κ3) is 7.47. The zero-order valence-corrected chi connectivity index (χ0v) is 6.71. The van der Waals surface area contributed by atoms with Crippen molar-refractivity contribution in [3.05, 3.63) is 0 Å². The van der Waals surface area contributed by atoms with E-state index in [1.165, 1.54) is 25.7 Å². The molecule has 0 radical (unpaired) electrons. The Labute approximate surface area is 62.9 Å². The molecule has 0 aliphatic carbocycles. The van der Waals surface area contributed by atoms with E-state index in [1.54, 1.807) is 6.21 Å². The van der Waals surface area contributed by atoms with Crippen molar-refractivity contribution in [2.24, 2.45) is 5.16 Å². The van der Waals surface area contributed by atoms with Gasteiger partial charge in [0.15, 0.2) is 0 Å². The Balaban J connectivity index is 2.77. The van der Waals surface area contributed by atoms with Crippen molar-refractivity contribution in [2.45, 2.75) is 45.4 Å². The summed E-state index contributed by atoms with van der Waals surface area (Å²) in [7, 11) is 0. The molecule has 0 saturated carbocycles. The minimum Gasteiger partial charge on any atom is -0.411 e. The lowest BCUT2D eigenvalue weighted by Crippen LogP contribution is -1.79. The predicted octanol–water partition coefficient (Wildman–Crippen LogP) is 2.81. The predicted molar refractivity (Wildman–Crippen MR) is 43.7 cm³/mol. The first-order valence-corrected chi connectivity index (χ1v) is 4.07. The standard InChI is InChI=1S/C8H17NO/c1-2-3-4-5-6-7-8-9-10/h8,10H,2-7H2,1H3/b9-8-. The molecule has 0 aromatic rings. The summed E-state index contributed by atoms with van der Waals surface area (Å²) in [6.45, 7) is 2.20. The molecule has 0 fully saturated rings. The summed E-state index contributed by atoms with van der Waals surface area (Å²) in [4.78, 5) is 0. The summed E-state index contributed by atoms with van der Waals surface area (Å²) in [5.41, 5.74) is 0. The third-order valence-corrected chi connectivity index (χ3v) is 1.52. The molecular weight excluding hydrogens is 126 g/mol. The van der Waals surface area contributed by atoms with Crippen molar-refractivity contribution >= 4 is 6.21 Å². The Morgan fingerprint density at radius 3 is 2.50 bits per heavy atom. The van der Waals surface area contributed by atoms with Crippen LogP contribution in [0, 0.1) is 0 Å². The van der Waals surface area contributed by atoms with Crippen molar-refractivity contribution in [1.29, 1.82) is 0 Å². The van der Waals surface area contributed by atoms with Gasteiger partial charge in [-0.25, -0.2) is 0 Å². The minimum absolute atomic E-state index is 0.917. The van der Waals surface area contributed by atoms with Crippen LogP contribution in [0.25, 0.3) is 0 Å². The van der Waals surface area contributed by atoms with Crippen LogP contribution in [0.3, 0.4) is 0 Å². The van der Waals surface area contributed by atoms with Gasteiger partial charge < -0.3 is 5.21 Å². The summed E-state index contributed by atoms with van der Waals surface area (Å²) in [6.07, 6.45) is 8.83. The Bertz CT molecular complexity index is 81.3. The molecule has 0 spiro atoms. The molecular formula is C8H17NO. The molecule has 2 heteroatoms. The van der Waals surface area contributed by atoms with E-state index in [4.69, 9.17) is 5.21 Å². The van der Waals surface area contributed by atoms with Crippen molar-refractivity contribution < 1.29 is 5.21 Å². The summed E-state index contributed by atoms with van der Waals surface area (Å²) < 4.78 is 0. The fraction of sp³-hybridized carbons (Fsp3) is 0.875. The van der Waals surface area contributed by atoms with Gasteiger partial charge in [-0.15, -0.1) is 5.16 Å². The topological polar surface area (TPSA) is 32.6 Å². The van der Waals surface area contributed by atoms with Gasteiger partial charge in [-0.3, -0.25) is 0 Å². The van der Waals surface area contributed by atoms with Crippen LogP contribution in [-0.2, 0) is 0 Å². The summed E-state index contributed by atoms with van der Waals surface area (Å²) in [5, 5.41) is 11.0. The number of nitrogens with zero attached hydrogens (tertiary/aromatic N) is 1. The SMILES string of the molecule is CCCCCCC/C=N\O. The normalized spacial score (nSPS) is 10.9. The van der Waals surface area contributed by atoms with Gasteiger partial charge in [0.05, 0.1) is 0 Å². The van der Waals surface area contributed by atoms with Crippen molar-refractivity contribution in [3.8, 4) is 0 Å². The summed E-state index contributed by atoms with van der Waals surface area (Å²) >= 11 is 0. The van der Waals surface area contributed by atoms with Crippen LogP contribution in [0.5, 0.6) is 0 Å². The van der Waals surface area contributed by atoms with Crippen LogP contribution in [0.1, 0.15) is 45.4 Å². The summed E-state index contributed by atoms with van der Waals surface area (Å²) in [5.74, 6) is 0. The third-order valence-electron chi connectivity index (χ3n) is 1.52. The molecule has 0 saturated heterocycles. The van der Waals surface area contributed by atoms with Gasteiger partial charge in [-0.2, -0.15) is 0 Å². The molecule has 60 valence electrons. The molecule has 0 aliphatic heterocycles. The lowest BCUT2D eigenvalue weighted by Gasteiger charge is -1.94. The zero-order valence-electron chi connectivity index (χ0n) is 6.71. The zero-order chi connectivity index (χ0) is 7.66. The van der Waals surface area contributed by atoms with Crippen LogP contribution >= 0.6 is 0 Å². The number of rotatable bonds is 6. The molecule has 0 atom stereocenters. The first-order chi connectivity index (χ1) is 4.91. The molecule has 0 rings (SSSR count). The highest BCUT2D eigenvalue weighted by molar-refractivity contribution is 5.55. The molecule has 0 unspecified atom stereocenters. The minimum atomic E-state index is 0.917. The van der Waals surface area contributed by atoms with Crippen molar-refractivity contribution in [3.63, 3.8) is 0 Å². The van der Waals surface area contributed by atoms with Crippen molar-refractivity contribution in [2.75, 3.05) is 0 Å². The molecule has 0 bridgehead atoms. The lowest BCUT2D eigenvalue weighted by molar-refractivity contribution is 0.320. The largest absolute Gasteiger partial charge is 0.411 e. The second-order valence-electron chi connectivity index (χ2n) is 2.50.